The molecule has 0 fully saturated rings. The summed E-state index contributed by atoms with van der Waals surface area (Å²) in [5.74, 6) is -1.11. The number of benzene rings is 2. The zero-order chi connectivity index (χ0) is 20.2. The third kappa shape index (κ3) is 5.54. The number of nitrogens with one attached hydrogen (secondary N) is 1. The molecule has 0 spiro atoms. The number of carbonyl (C=O) groups excluding carboxylic acids is 1. The van der Waals surface area contributed by atoms with E-state index in [2.05, 4.69) is 21.2 Å². The number of rotatable bonds is 7. The van der Waals surface area contributed by atoms with Gasteiger partial charge in [0.25, 0.3) is 0 Å². The van der Waals surface area contributed by atoms with Crippen molar-refractivity contribution in [3.8, 4) is 0 Å². The van der Waals surface area contributed by atoms with Gasteiger partial charge in [-0.2, -0.15) is 0 Å². The normalized spacial score (nSPS) is 13.1. The van der Waals surface area contributed by atoms with Crippen LogP contribution in [-0.4, -0.2) is 40.3 Å². The van der Waals surface area contributed by atoms with Crippen LogP contribution in [0.2, 0.25) is 5.02 Å². The summed E-state index contributed by atoms with van der Waals surface area (Å²) in [7, 11) is -7.49. The van der Waals surface area contributed by atoms with Crippen LogP contribution in [-0.2, 0) is 24.5 Å². The number of halogens is 2. The average molecular weight is 495 g/mol. The second kappa shape index (κ2) is 8.72. The van der Waals surface area contributed by atoms with E-state index in [-0.39, 0.29) is 22.1 Å². The Bertz CT molecular complexity index is 1020. The molecule has 0 aliphatic carbocycles. The molecule has 0 bridgehead atoms. The molecule has 10 heteroatoms. The van der Waals surface area contributed by atoms with Crippen LogP contribution in [0, 0.1) is 0 Å². The maximum Gasteiger partial charge on any atom is 0.238 e. The van der Waals surface area contributed by atoms with Crippen molar-refractivity contribution in [2.24, 2.45) is 0 Å². The smallest absolute Gasteiger partial charge is 0.238 e. The van der Waals surface area contributed by atoms with E-state index in [0.29, 0.717) is 5.02 Å². The van der Waals surface area contributed by atoms with Crippen LogP contribution in [0.3, 0.4) is 0 Å². The molecule has 1 N–H and O–H groups in total. The largest absolute Gasteiger partial charge is 0.354 e. The van der Waals surface area contributed by atoms with Gasteiger partial charge in [-0.3, -0.25) is 4.79 Å². The molecule has 27 heavy (non-hydrogen) atoms. The first-order valence-corrected chi connectivity index (χ1v) is 12.2. The van der Waals surface area contributed by atoms with Crippen LogP contribution >= 0.6 is 27.5 Å². The molecular formula is C17H17BrClNO5S2. The van der Waals surface area contributed by atoms with E-state index in [4.69, 9.17) is 11.6 Å². The molecule has 2 aromatic carbocycles. The van der Waals surface area contributed by atoms with Gasteiger partial charge >= 0.3 is 0 Å². The van der Waals surface area contributed by atoms with Gasteiger partial charge in [0.2, 0.25) is 5.91 Å². The number of hydrogen-bond acceptors (Lipinski definition) is 5. The molecule has 1 atom stereocenters. The van der Waals surface area contributed by atoms with Gasteiger partial charge in [-0.15, -0.1) is 0 Å². The van der Waals surface area contributed by atoms with Crippen LogP contribution in [0.15, 0.2) is 62.8 Å². The molecule has 0 unspecified atom stereocenters. The lowest BCUT2D eigenvalue weighted by Gasteiger charge is -2.13. The number of carbonyl (C=O) groups is 1. The van der Waals surface area contributed by atoms with Crippen LogP contribution in [0.25, 0.3) is 0 Å². The number of amides is 1. The van der Waals surface area contributed by atoms with Gasteiger partial charge < -0.3 is 5.32 Å². The minimum atomic E-state index is -3.90. The summed E-state index contributed by atoms with van der Waals surface area (Å²) in [6.45, 7) is 1.06. The van der Waals surface area contributed by atoms with Crippen molar-refractivity contribution >= 4 is 53.1 Å². The Morgan fingerprint density at radius 3 is 2.07 bits per heavy atom. The Kier molecular flexibility index (Phi) is 7.07. The van der Waals surface area contributed by atoms with E-state index in [1.165, 1.54) is 43.3 Å². The van der Waals surface area contributed by atoms with Crippen molar-refractivity contribution in [3.05, 3.63) is 58.0 Å². The monoisotopic (exact) mass is 493 g/mol. The third-order valence-corrected chi connectivity index (χ3v) is 8.41. The Balaban J connectivity index is 2.00. The second-order valence-corrected chi connectivity index (χ2v) is 11.4. The van der Waals surface area contributed by atoms with Crippen molar-refractivity contribution < 1.29 is 21.6 Å². The molecule has 0 radical (unpaired) electrons. The van der Waals surface area contributed by atoms with Crippen molar-refractivity contribution in [1.82, 2.24) is 5.32 Å². The summed E-state index contributed by atoms with van der Waals surface area (Å²) in [5.41, 5.74) is 0. The quantitative estimate of drug-likeness (QED) is 0.638. The van der Waals surface area contributed by atoms with E-state index >= 15 is 0 Å². The number of sulfone groups is 2. The highest BCUT2D eigenvalue weighted by atomic mass is 79.9. The minimum Gasteiger partial charge on any atom is -0.354 e. The molecule has 0 saturated heterocycles. The first-order valence-electron chi connectivity index (χ1n) is 7.79. The Labute approximate surface area is 171 Å². The maximum atomic E-state index is 12.5. The van der Waals surface area contributed by atoms with Gasteiger partial charge in [-0.1, -0.05) is 27.5 Å². The topological polar surface area (TPSA) is 97.4 Å². The first kappa shape index (κ1) is 21.9. The molecular weight excluding hydrogens is 478 g/mol. The summed E-state index contributed by atoms with van der Waals surface area (Å²) < 4.78 is 50.2. The van der Waals surface area contributed by atoms with Crippen LogP contribution in [0.4, 0.5) is 0 Å². The SMILES string of the molecule is C[C@H](C(=O)NCCS(=O)(=O)c1ccc(Br)cc1)S(=O)(=O)c1ccc(Cl)cc1. The molecule has 2 aromatic rings. The van der Waals surface area contributed by atoms with Crippen molar-refractivity contribution in [2.75, 3.05) is 12.3 Å². The summed E-state index contributed by atoms with van der Waals surface area (Å²) in [6.07, 6.45) is 0. The van der Waals surface area contributed by atoms with Crippen LogP contribution in [0.1, 0.15) is 6.92 Å². The summed E-state index contributed by atoms with van der Waals surface area (Å²) in [6, 6.07) is 11.6. The van der Waals surface area contributed by atoms with E-state index in [0.717, 1.165) is 4.47 Å². The highest BCUT2D eigenvalue weighted by Crippen LogP contribution is 2.19. The fourth-order valence-corrected chi connectivity index (χ4v) is 5.02. The molecule has 0 aromatic heterocycles. The molecule has 0 aliphatic rings. The summed E-state index contributed by atoms with van der Waals surface area (Å²) in [5, 5.41) is 1.39. The lowest BCUT2D eigenvalue weighted by Crippen LogP contribution is -2.39. The Morgan fingerprint density at radius 1 is 1.00 bits per heavy atom. The standard InChI is InChI=1S/C17H17BrClNO5S2/c1-12(27(24,25)16-8-4-14(19)5-9-16)17(21)20-10-11-26(22,23)15-6-2-13(18)3-7-15/h2-9,12H,10-11H2,1H3,(H,20,21)/t12-/m1/s1. The van der Waals surface area contributed by atoms with Gasteiger partial charge in [-0.25, -0.2) is 16.8 Å². The molecule has 0 saturated carbocycles. The number of hydrogen-bond donors (Lipinski definition) is 1. The highest BCUT2D eigenvalue weighted by Gasteiger charge is 2.29. The molecule has 1 amide bonds. The lowest BCUT2D eigenvalue weighted by atomic mass is 10.4. The van der Waals surface area contributed by atoms with Crippen LogP contribution in [0.5, 0.6) is 0 Å². The maximum absolute atomic E-state index is 12.5. The fourth-order valence-electron chi connectivity index (χ4n) is 2.18. The van der Waals surface area contributed by atoms with Gasteiger partial charge in [0, 0.05) is 16.0 Å². The van der Waals surface area contributed by atoms with E-state index in [1.807, 2.05) is 0 Å². The zero-order valence-corrected chi connectivity index (χ0v) is 18.2. The predicted octanol–water partition coefficient (Wildman–Crippen LogP) is 2.85. The van der Waals surface area contributed by atoms with Crippen LogP contribution < -0.4 is 5.32 Å². The zero-order valence-electron chi connectivity index (χ0n) is 14.2. The van der Waals surface area contributed by atoms with E-state index in [1.54, 1.807) is 12.1 Å². The Morgan fingerprint density at radius 2 is 1.52 bits per heavy atom. The lowest BCUT2D eigenvalue weighted by molar-refractivity contribution is -0.120. The molecule has 0 heterocycles. The van der Waals surface area contributed by atoms with Crippen molar-refractivity contribution in [1.29, 1.82) is 0 Å². The third-order valence-electron chi connectivity index (χ3n) is 3.82. The highest BCUT2D eigenvalue weighted by molar-refractivity contribution is 9.10. The molecule has 2 rings (SSSR count). The van der Waals surface area contributed by atoms with Gasteiger partial charge in [-0.05, 0) is 55.5 Å². The van der Waals surface area contributed by atoms with Gasteiger partial charge in [0.1, 0.15) is 5.25 Å². The summed E-state index contributed by atoms with van der Waals surface area (Å²) in [4.78, 5) is 12.3. The van der Waals surface area contributed by atoms with Crippen molar-refractivity contribution in [3.63, 3.8) is 0 Å². The van der Waals surface area contributed by atoms with Gasteiger partial charge in [0.05, 0.1) is 15.5 Å². The molecule has 0 aliphatic heterocycles. The average Bonchev–Trinajstić information content (AvgIpc) is 2.61. The first-order chi connectivity index (χ1) is 12.5. The summed E-state index contributed by atoms with van der Waals surface area (Å²) >= 11 is 8.97. The van der Waals surface area contributed by atoms with Crippen molar-refractivity contribution in [2.45, 2.75) is 22.0 Å². The fraction of sp³-hybridized carbons (Fsp3) is 0.235. The minimum absolute atomic E-state index is 0.0305. The van der Waals surface area contributed by atoms with E-state index < -0.39 is 30.8 Å². The van der Waals surface area contributed by atoms with E-state index in [9.17, 15) is 21.6 Å². The second-order valence-electron chi connectivity index (χ2n) is 5.70. The Hall–Kier alpha value is -1.42. The molecule has 6 nitrogen and oxygen atoms in total. The molecule has 146 valence electrons. The predicted molar refractivity (Wildman–Crippen MR) is 107 cm³/mol. The van der Waals surface area contributed by atoms with Gasteiger partial charge in [0.15, 0.2) is 19.7 Å².